The highest BCUT2D eigenvalue weighted by molar-refractivity contribution is 5.79. The van der Waals surface area contributed by atoms with Crippen molar-refractivity contribution in [3.63, 3.8) is 0 Å². The van der Waals surface area contributed by atoms with E-state index in [1.54, 1.807) is 0 Å². The molecule has 2 fully saturated rings. The van der Waals surface area contributed by atoms with Gasteiger partial charge in [0.15, 0.2) is 0 Å². The van der Waals surface area contributed by atoms with Gasteiger partial charge in [-0.15, -0.1) is 0 Å². The maximum absolute atomic E-state index is 11.9. The number of hydrogen-bond donors (Lipinski definition) is 2. The molecule has 0 unspecified atom stereocenters. The third-order valence-electron chi connectivity index (χ3n) is 3.59. The number of carbonyl (C=O) groups is 2. The zero-order valence-corrected chi connectivity index (χ0v) is 11.7. The SMILES string of the molecule is CCNC(=O)CN1CCN(C(=O)CNC2CC2)CC1. The van der Waals surface area contributed by atoms with Gasteiger partial charge >= 0.3 is 0 Å². The van der Waals surface area contributed by atoms with Crippen LogP contribution in [0, 0.1) is 0 Å². The first-order chi connectivity index (χ1) is 9.19. The van der Waals surface area contributed by atoms with Gasteiger partial charge in [-0.1, -0.05) is 0 Å². The molecule has 2 amide bonds. The minimum atomic E-state index is 0.0673. The number of nitrogens with zero attached hydrogens (tertiary/aromatic N) is 2. The first kappa shape index (κ1) is 14.3. The van der Waals surface area contributed by atoms with Gasteiger partial charge in [0.1, 0.15) is 0 Å². The van der Waals surface area contributed by atoms with Crippen LogP contribution in [-0.4, -0.2) is 73.5 Å². The topological polar surface area (TPSA) is 64.7 Å². The number of nitrogens with one attached hydrogen (secondary N) is 2. The normalized spacial score (nSPS) is 20.4. The molecule has 1 aliphatic heterocycles. The molecule has 19 heavy (non-hydrogen) atoms. The summed E-state index contributed by atoms with van der Waals surface area (Å²) in [4.78, 5) is 27.4. The summed E-state index contributed by atoms with van der Waals surface area (Å²) >= 11 is 0. The Morgan fingerprint density at radius 3 is 2.42 bits per heavy atom. The van der Waals surface area contributed by atoms with Gasteiger partial charge in [0.2, 0.25) is 11.8 Å². The van der Waals surface area contributed by atoms with E-state index in [0.717, 1.165) is 26.2 Å². The fourth-order valence-electron chi connectivity index (χ4n) is 2.24. The van der Waals surface area contributed by atoms with Gasteiger partial charge in [-0.05, 0) is 19.8 Å². The van der Waals surface area contributed by atoms with Crippen molar-refractivity contribution in [3.8, 4) is 0 Å². The fraction of sp³-hybridized carbons (Fsp3) is 0.846. The molecule has 0 aromatic heterocycles. The van der Waals surface area contributed by atoms with E-state index in [-0.39, 0.29) is 11.8 Å². The Bertz CT molecular complexity index is 323. The highest BCUT2D eigenvalue weighted by Crippen LogP contribution is 2.18. The summed E-state index contributed by atoms with van der Waals surface area (Å²) in [5.41, 5.74) is 0. The van der Waals surface area contributed by atoms with Crippen LogP contribution in [0.1, 0.15) is 19.8 Å². The third-order valence-corrected chi connectivity index (χ3v) is 3.59. The van der Waals surface area contributed by atoms with E-state index in [1.165, 1.54) is 12.8 Å². The highest BCUT2D eigenvalue weighted by atomic mass is 16.2. The van der Waals surface area contributed by atoms with Crippen molar-refractivity contribution >= 4 is 11.8 Å². The van der Waals surface area contributed by atoms with Crippen LogP contribution < -0.4 is 10.6 Å². The Labute approximate surface area is 114 Å². The summed E-state index contributed by atoms with van der Waals surface area (Å²) in [6, 6.07) is 0.572. The van der Waals surface area contributed by atoms with Crippen molar-refractivity contribution in [1.82, 2.24) is 20.4 Å². The Morgan fingerprint density at radius 2 is 1.84 bits per heavy atom. The number of rotatable bonds is 6. The summed E-state index contributed by atoms with van der Waals surface area (Å²) in [5.74, 6) is 0.252. The van der Waals surface area contributed by atoms with Gasteiger partial charge in [-0.2, -0.15) is 0 Å². The van der Waals surface area contributed by atoms with E-state index in [9.17, 15) is 9.59 Å². The van der Waals surface area contributed by atoms with E-state index < -0.39 is 0 Å². The maximum Gasteiger partial charge on any atom is 0.236 e. The predicted octanol–water partition coefficient (Wildman–Crippen LogP) is -0.981. The van der Waals surface area contributed by atoms with Gasteiger partial charge < -0.3 is 15.5 Å². The second-order valence-electron chi connectivity index (χ2n) is 5.27. The Balaban J connectivity index is 1.63. The lowest BCUT2D eigenvalue weighted by Gasteiger charge is -2.34. The summed E-state index contributed by atoms with van der Waals surface area (Å²) in [5, 5.41) is 6.04. The van der Waals surface area contributed by atoms with Crippen molar-refractivity contribution in [2.45, 2.75) is 25.8 Å². The molecule has 0 radical (unpaired) electrons. The van der Waals surface area contributed by atoms with Crippen molar-refractivity contribution in [1.29, 1.82) is 0 Å². The van der Waals surface area contributed by atoms with Gasteiger partial charge in [0.05, 0.1) is 13.1 Å². The van der Waals surface area contributed by atoms with E-state index >= 15 is 0 Å². The van der Waals surface area contributed by atoms with Crippen LogP contribution >= 0.6 is 0 Å². The monoisotopic (exact) mass is 268 g/mol. The summed E-state index contributed by atoms with van der Waals surface area (Å²) < 4.78 is 0. The van der Waals surface area contributed by atoms with Gasteiger partial charge in [-0.25, -0.2) is 0 Å². The molecule has 1 heterocycles. The molecule has 1 saturated carbocycles. The number of likely N-dealkylation sites (N-methyl/N-ethyl adjacent to an activating group) is 1. The zero-order valence-electron chi connectivity index (χ0n) is 11.7. The van der Waals surface area contributed by atoms with Crippen molar-refractivity contribution < 1.29 is 9.59 Å². The van der Waals surface area contributed by atoms with Crippen LogP contribution in [0.25, 0.3) is 0 Å². The third kappa shape index (κ3) is 4.80. The quantitative estimate of drug-likeness (QED) is 0.650. The first-order valence-corrected chi connectivity index (χ1v) is 7.19. The van der Waals surface area contributed by atoms with Crippen LogP contribution in [0.4, 0.5) is 0 Å². The average molecular weight is 268 g/mol. The van der Waals surface area contributed by atoms with E-state index in [1.807, 2.05) is 11.8 Å². The molecule has 2 aliphatic rings. The predicted molar refractivity (Wildman–Crippen MR) is 72.7 cm³/mol. The Kier molecular flexibility index (Phi) is 5.15. The summed E-state index contributed by atoms with van der Waals surface area (Å²) in [6.07, 6.45) is 2.40. The second kappa shape index (κ2) is 6.86. The van der Waals surface area contributed by atoms with Crippen molar-refractivity contribution in [3.05, 3.63) is 0 Å². The van der Waals surface area contributed by atoms with Crippen LogP contribution in [0.3, 0.4) is 0 Å². The molecular weight excluding hydrogens is 244 g/mol. The summed E-state index contributed by atoms with van der Waals surface area (Å²) in [6.45, 7) is 6.51. The molecule has 1 saturated heterocycles. The highest BCUT2D eigenvalue weighted by Gasteiger charge is 2.25. The molecule has 0 bridgehead atoms. The van der Waals surface area contributed by atoms with Crippen LogP contribution in [0.15, 0.2) is 0 Å². The maximum atomic E-state index is 11.9. The molecule has 1 aliphatic carbocycles. The van der Waals surface area contributed by atoms with Crippen LogP contribution in [0.2, 0.25) is 0 Å². The van der Waals surface area contributed by atoms with E-state index in [2.05, 4.69) is 15.5 Å². The standard InChI is InChI=1S/C13H24N4O2/c1-2-14-12(18)10-16-5-7-17(8-6-16)13(19)9-15-11-3-4-11/h11,15H,2-10H2,1H3,(H,14,18). The molecular formula is C13H24N4O2. The number of hydrogen-bond acceptors (Lipinski definition) is 4. The molecule has 0 aromatic carbocycles. The number of carbonyl (C=O) groups excluding carboxylic acids is 2. The second-order valence-corrected chi connectivity index (χ2v) is 5.27. The zero-order chi connectivity index (χ0) is 13.7. The Morgan fingerprint density at radius 1 is 1.16 bits per heavy atom. The van der Waals surface area contributed by atoms with Crippen molar-refractivity contribution in [2.24, 2.45) is 0 Å². The molecule has 0 aromatic rings. The first-order valence-electron chi connectivity index (χ1n) is 7.19. The van der Waals surface area contributed by atoms with Gasteiger partial charge in [-0.3, -0.25) is 14.5 Å². The number of piperazine rings is 1. The van der Waals surface area contributed by atoms with Crippen LogP contribution in [-0.2, 0) is 9.59 Å². The lowest BCUT2D eigenvalue weighted by atomic mass is 10.3. The average Bonchev–Trinajstić information content (AvgIpc) is 3.21. The lowest BCUT2D eigenvalue weighted by Crippen LogP contribution is -2.52. The number of amides is 2. The molecule has 6 nitrogen and oxygen atoms in total. The lowest BCUT2D eigenvalue weighted by molar-refractivity contribution is -0.132. The molecule has 0 spiro atoms. The smallest absolute Gasteiger partial charge is 0.236 e. The van der Waals surface area contributed by atoms with Gasteiger partial charge in [0, 0.05) is 38.8 Å². The molecule has 2 rings (SSSR count). The minimum Gasteiger partial charge on any atom is -0.355 e. The molecule has 2 N–H and O–H groups in total. The Hall–Kier alpha value is -1.14. The molecule has 108 valence electrons. The van der Waals surface area contributed by atoms with Gasteiger partial charge in [0.25, 0.3) is 0 Å². The molecule has 6 heteroatoms. The van der Waals surface area contributed by atoms with Crippen molar-refractivity contribution in [2.75, 3.05) is 45.8 Å². The largest absolute Gasteiger partial charge is 0.355 e. The van der Waals surface area contributed by atoms with E-state index in [4.69, 9.17) is 0 Å². The van der Waals surface area contributed by atoms with E-state index in [0.29, 0.717) is 25.7 Å². The summed E-state index contributed by atoms with van der Waals surface area (Å²) in [7, 11) is 0. The van der Waals surface area contributed by atoms with Crippen LogP contribution in [0.5, 0.6) is 0 Å². The fourth-order valence-corrected chi connectivity index (χ4v) is 2.24. The minimum absolute atomic E-state index is 0.0673. The molecule has 0 atom stereocenters.